The lowest BCUT2D eigenvalue weighted by molar-refractivity contribution is 0.246. The van der Waals surface area contributed by atoms with Gasteiger partial charge < -0.3 is 9.47 Å². The molecule has 0 saturated carbocycles. The smallest absolute Gasteiger partial charge is 0.137 e. The molecule has 3 nitrogen and oxygen atoms in total. The van der Waals surface area contributed by atoms with Crippen LogP contribution in [0.25, 0.3) is 0 Å². The van der Waals surface area contributed by atoms with Gasteiger partial charge in [-0.1, -0.05) is 29.8 Å². The molecule has 0 heterocycles. The Hall–Kier alpha value is -2.47. The van der Waals surface area contributed by atoms with Gasteiger partial charge in [0.25, 0.3) is 0 Å². The first kappa shape index (κ1) is 14.9. The molecule has 0 saturated heterocycles. The Balaban J connectivity index is 1.76. The van der Waals surface area contributed by atoms with E-state index in [4.69, 9.17) is 14.7 Å². The fourth-order valence-electron chi connectivity index (χ4n) is 2.07. The van der Waals surface area contributed by atoms with Crippen molar-refractivity contribution in [1.82, 2.24) is 0 Å². The molecule has 0 spiro atoms. The fourth-order valence-corrected chi connectivity index (χ4v) is 2.07. The van der Waals surface area contributed by atoms with E-state index in [2.05, 4.69) is 19.1 Å². The summed E-state index contributed by atoms with van der Waals surface area (Å²) in [4.78, 5) is 0. The number of nitrogens with zero attached hydrogens (tertiary/aromatic N) is 1. The van der Waals surface area contributed by atoms with Gasteiger partial charge in [-0.25, -0.2) is 0 Å². The van der Waals surface area contributed by atoms with Crippen LogP contribution in [0.1, 0.15) is 23.1 Å². The number of hydrogen-bond donors (Lipinski definition) is 0. The Morgan fingerprint density at radius 1 is 0.952 bits per heavy atom. The van der Waals surface area contributed by atoms with Gasteiger partial charge in [-0.3, -0.25) is 0 Å². The maximum absolute atomic E-state index is 8.97. The molecular formula is C18H19NO2. The predicted octanol–water partition coefficient (Wildman–Crippen LogP) is 4.02. The molecule has 2 aromatic rings. The van der Waals surface area contributed by atoms with E-state index in [0.717, 1.165) is 17.7 Å². The SMILES string of the molecule is Cc1ccc(OCCCOc2ccccc2C#N)c(C)c1. The Kier molecular flexibility index (Phi) is 5.22. The molecule has 0 aliphatic rings. The summed E-state index contributed by atoms with van der Waals surface area (Å²) in [6, 6.07) is 15.5. The van der Waals surface area contributed by atoms with Gasteiger partial charge in [0.15, 0.2) is 0 Å². The highest BCUT2D eigenvalue weighted by molar-refractivity contribution is 5.42. The summed E-state index contributed by atoms with van der Waals surface area (Å²) in [6.45, 7) is 5.24. The molecule has 0 radical (unpaired) electrons. The number of rotatable bonds is 6. The van der Waals surface area contributed by atoms with Crippen LogP contribution in [0.3, 0.4) is 0 Å². The van der Waals surface area contributed by atoms with E-state index in [9.17, 15) is 0 Å². The number of benzene rings is 2. The summed E-state index contributed by atoms with van der Waals surface area (Å²) >= 11 is 0. The van der Waals surface area contributed by atoms with Gasteiger partial charge in [-0.05, 0) is 37.6 Å². The van der Waals surface area contributed by atoms with Crippen molar-refractivity contribution in [3.8, 4) is 17.6 Å². The van der Waals surface area contributed by atoms with E-state index in [1.807, 2.05) is 37.3 Å². The van der Waals surface area contributed by atoms with Crippen LogP contribution in [0.5, 0.6) is 11.5 Å². The van der Waals surface area contributed by atoms with Gasteiger partial charge in [0.05, 0.1) is 18.8 Å². The molecule has 108 valence electrons. The predicted molar refractivity (Wildman–Crippen MR) is 82.7 cm³/mol. The minimum atomic E-state index is 0.531. The van der Waals surface area contributed by atoms with Crippen molar-refractivity contribution >= 4 is 0 Å². The molecule has 0 atom stereocenters. The average Bonchev–Trinajstić information content (AvgIpc) is 2.49. The van der Waals surface area contributed by atoms with Crippen LogP contribution >= 0.6 is 0 Å². The Labute approximate surface area is 125 Å². The second kappa shape index (κ2) is 7.35. The standard InChI is InChI=1S/C18H19NO2/c1-14-8-9-17(15(2)12-14)20-10-5-11-21-18-7-4-3-6-16(18)13-19/h3-4,6-9,12H,5,10-11H2,1-2H3. The normalized spacial score (nSPS) is 9.95. The highest BCUT2D eigenvalue weighted by atomic mass is 16.5. The second-order valence-corrected chi connectivity index (χ2v) is 4.93. The van der Waals surface area contributed by atoms with Crippen LogP contribution < -0.4 is 9.47 Å². The lowest BCUT2D eigenvalue weighted by Gasteiger charge is -2.11. The average molecular weight is 281 g/mol. The van der Waals surface area contributed by atoms with Crippen molar-refractivity contribution in [2.45, 2.75) is 20.3 Å². The number of aryl methyl sites for hydroxylation is 2. The molecule has 0 fully saturated rings. The maximum atomic E-state index is 8.97. The summed E-state index contributed by atoms with van der Waals surface area (Å²) in [5.74, 6) is 1.55. The zero-order valence-electron chi connectivity index (χ0n) is 12.4. The molecule has 21 heavy (non-hydrogen) atoms. The minimum Gasteiger partial charge on any atom is -0.493 e. The summed E-state index contributed by atoms with van der Waals surface area (Å²) < 4.78 is 11.4. The number of nitriles is 1. The quantitative estimate of drug-likeness (QED) is 0.751. The lowest BCUT2D eigenvalue weighted by atomic mass is 10.1. The molecule has 0 aromatic heterocycles. The molecule has 2 aromatic carbocycles. The topological polar surface area (TPSA) is 42.2 Å². The Morgan fingerprint density at radius 3 is 2.38 bits per heavy atom. The van der Waals surface area contributed by atoms with Crippen molar-refractivity contribution < 1.29 is 9.47 Å². The molecule has 2 rings (SSSR count). The minimum absolute atomic E-state index is 0.531. The number of para-hydroxylation sites is 1. The van der Waals surface area contributed by atoms with Crippen molar-refractivity contribution in [2.24, 2.45) is 0 Å². The first-order valence-electron chi connectivity index (χ1n) is 7.02. The van der Waals surface area contributed by atoms with Crippen LogP contribution in [-0.4, -0.2) is 13.2 Å². The summed E-state index contributed by atoms with van der Waals surface area (Å²) in [7, 11) is 0. The van der Waals surface area contributed by atoms with Gasteiger partial charge >= 0.3 is 0 Å². The van der Waals surface area contributed by atoms with Crippen LogP contribution in [-0.2, 0) is 0 Å². The summed E-state index contributed by atoms with van der Waals surface area (Å²) in [5, 5.41) is 8.97. The lowest BCUT2D eigenvalue weighted by Crippen LogP contribution is -2.06. The third-order valence-corrected chi connectivity index (χ3v) is 3.14. The van der Waals surface area contributed by atoms with Gasteiger partial charge in [0.1, 0.15) is 17.6 Å². The maximum Gasteiger partial charge on any atom is 0.137 e. The van der Waals surface area contributed by atoms with Crippen LogP contribution in [0.15, 0.2) is 42.5 Å². The van der Waals surface area contributed by atoms with E-state index in [0.29, 0.717) is 24.5 Å². The third-order valence-electron chi connectivity index (χ3n) is 3.14. The monoisotopic (exact) mass is 281 g/mol. The first-order valence-corrected chi connectivity index (χ1v) is 7.02. The largest absolute Gasteiger partial charge is 0.493 e. The van der Waals surface area contributed by atoms with Gasteiger partial charge in [0.2, 0.25) is 0 Å². The number of hydrogen-bond acceptors (Lipinski definition) is 3. The van der Waals surface area contributed by atoms with Crippen molar-refractivity contribution in [1.29, 1.82) is 5.26 Å². The third kappa shape index (κ3) is 4.25. The van der Waals surface area contributed by atoms with Crippen molar-refractivity contribution in [3.63, 3.8) is 0 Å². The molecule has 0 aliphatic heterocycles. The van der Waals surface area contributed by atoms with Crippen LogP contribution in [0.4, 0.5) is 0 Å². The molecule has 0 N–H and O–H groups in total. The van der Waals surface area contributed by atoms with Crippen LogP contribution in [0.2, 0.25) is 0 Å². The zero-order valence-corrected chi connectivity index (χ0v) is 12.4. The van der Waals surface area contributed by atoms with E-state index >= 15 is 0 Å². The van der Waals surface area contributed by atoms with Crippen LogP contribution in [0, 0.1) is 25.2 Å². The van der Waals surface area contributed by atoms with Crippen molar-refractivity contribution in [2.75, 3.05) is 13.2 Å². The van der Waals surface area contributed by atoms with E-state index in [-0.39, 0.29) is 0 Å². The number of ether oxygens (including phenoxy) is 2. The highest BCUT2D eigenvalue weighted by Crippen LogP contribution is 2.19. The van der Waals surface area contributed by atoms with E-state index < -0.39 is 0 Å². The Morgan fingerprint density at radius 2 is 1.67 bits per heavy atom. The van der Waals surface area contributed by atoms with Gasteiger partial charge in [-0.2, -0.15) is 5.26 Å². The molecule has 0 amide bonds. The Bertz CT molecular complexity index is 644. The molecule has 3 heteroatoms. The molecular weight excluding hydrogens is 262 g/mol. The molecule has 0 bridgehead atoms. The van der Waals surface area contributed by atoms with E-state index in [1.165, 1.54) is 5.56 Å². The highest BCUT2D eigenvalue weighted by Gasteiger charge is 2.02. The van der Waals surface area contributed by atoms with E-state index in [1.54, 1.807) is 6.07 Å². The summed E-state index contributed by atoms with van der Waals surface area (Å²) in [6.07, 6.45) is 0.771. The fraction of sp³-hybridized carbons (Fsp3) is 0.278. The second-order valence-electron chi connectivity index (χ2n) is 4.93. The zero-order chi connectivity index (χ0) is 15.1. The summed E-state index contributed by atoms with van der Waals surface area (Å²) in [5.41, 5.74) is 2.94. The van der Waals surface area contributed by atoms with Gasteiger partial charge in [-0.15, -0.1) is 0 Å². The molecule has 0 aliphatic carbocycles. The van der Waals surface area contributed by atoms with Gasteiger partial charge in [0, 0.05) is 6.42 Å². The first-order chi connectivity index (χ1) is 10.2. The van der Waals surface area contributed by atoms with Crippen molar-refractivity contribution in [3.05, 3.63) is 59.2 Å². The molecule has 0 unspecified atom stereocenters.